The van der Waals surface area contributed by atoms with Gasteiger partial charge in [-0.1, -0.05) is 6.07 Å². The summed E-state index contributed by atoms with van der Waals surface area (Å²) in [4.78, 5) is 13.4. The SMILES string of the molecule is Fc1ccc2nc(CO[C@H]3CN(Cc4cccnc4)C[C@H]3F)[nH]c2c1. The van der Waals surface area contributed by atoms with Crippen molar-refractivity contribution in [2.75, 3.05) is 13.1 Å². The van der Waals surface area contributed by atoms with Crippen LogP contribution in [0.3, 0.4) is 0 Å². The summed E-state index contributed by atoms with van der Waals surface area (Å²) in [6.45, 7) is 1.68. The minimum Gasteiger partial charge on any atom is -0.366 e. The van der Waals surface area contributed by atoms with Crippen LogP contribution in [0.1, 0.15) is 11.4 Å². The summed E-state index contributed by atoms with van der Waals surface area (Å²) >= 11 is 0. The van der Waals surface area contributed by atoms with E-state index in [9.17, 15) is 8.78 Å². The van der Waals surface area contributed by atoms with Crippen LogP contribution in [0.25, 0.3) is 11.0 Å². The number of benzene rings is 1. The summed E-state index contributed by atoms with van der Waals surface area (Å²) in [7, 11) is 0. The third kappa shape index (κ3) is 3.67. The van der Waals surface area contributed by atoms with Gasteiger partial charge in [0.2, 0.25) is 0 Å². The van der Waals surface area contributed by atoms with E-state index in [2.05, 4.69) is 15.0 Å². The van der Waals surface area contributed by atoms with E-state index in [-0.39, 0.29) is 12.4 Å². The van der Waals surface area contributed by atoms with Crippen molar-refractivity contribution in [3.8, 4) is 0 Å². The third-order valence-electron chi connectivity index (χ3n) is 4.33. The normalized spacial score (nSPS) is 21.2. The van der Waals surface area contributed by atoms with Gasteiger partial charge in [0.05, 0.1) is 11.0 Å². The summed E-state index contributed by atoms with van der Waals surface area (Å²) in [5.74, 6) is 0.243. The molecule has 3 heterocycles. The second-order valence-electron chi connectivity index (χ2n) is 6.27. The fraction of sp³-hybridized carbons (Fsp3) is 0.333. The largest absolute Gasteiger partial charge is 0.366 e. The van der Waals surface area contributed by atoms with Crippen molar-refractivity contribution in [2.45, 2.75) is 25.4 Å². The molecule has 4 rings (SSSR count). The van der Waals surface area contributed by atoms with Gasteiger partial charge in [-0.3, -0.25) is 9.88 Å². The molecule has 0 spiro atoms. The van der Waals surface area contributed by atoms with E-state index in [1.54, 1.807) is 18.5 Å². The molecule has 0 radical (unpaired) electrons. The first-order valence-corrected chi connectivity index (χ1v) is 8.18. The molecule has 1 aromatic carbocycles. The van der Waals surface area contributed by atoms with E-state index in [4.69, 9.17) is 4.74 Å². The number of imidazole rings is 1. The number of aromatic amines is 1. The predicted molar refractivity (Wildman–Crippen MR) is 89.0 cm³/mol. The van der Waals surface area contributed by atoms with E-state index in [1.807, 2.05) is 17.0 Å². The Morgan fingerprint density at radius 3 is 3.04 bits per heavy atom. The van der Waals surface area contributed by atoms with Gasteiger partial charge in [-0.25, -0.2) is 13.8 Å². The minimum absolute atomic E-state index is 0.169. The van der Waals surface area contributed by atoms with Crippen molar-refractivity contribution in [3.63, 3.8) is 0 Å². The molecule has 0 unspecified atom stereocenters. The first-order chi connectivity index (χ1) is 12.2. The highest BCUT2D eigenvalue weighted by molar-refractivity contribution is 5.74. The van der Waals surface area contributed by atoms with Crippen molar-refractivity contribution in [1.29, 1.82) is 0 Å². The average molecular weight is 344 g/mol. The lowest BCUT2D eigenvalue weighted by molar-refractivity contribution is 0.00863. The van der Waals surface area contributed by atoms with Gasteiger partial charge in [0, 0.05) is 32.0 Å². The first-order valence-electron chi connectivity index (χ1n) is 8.18. The highest BCUT2D eigenvalue weighted by atomic mass is 19.1. The maximum atomic E-state index is 14.2. The second kappa shape index (κ2) is 6.85. The number of H-pyrrole nitrogens is 1. The molecule has 0 saturated carbocycles. The molecule has 5 nitrogen and oxygen atoms in total. The van der Waals surface area contributed by atoms with Crippen LogP contribution in [0.15, 0.2) is 42.7 Å². The quantitative estimate of drug-likeness (QED) is 0.773. The molecule has 3 aromatic rings. The maximum Gasteiger partial charge on any atom is 0.140 e. The van der Waals surface area contributed by atoms with Gasteiger partial charge < -0.3 is 9.72 Å². The van der Waals surface area contributed by atoms with Crippen LogP contribution >= 0.6 is 0 Å². The Labute approximate surface area is 143 Å². The lowest BCUT2D eigenvalue weighted by Gasteiger charge is -2.15. The van der Waals surface area contributed by atoms with Crippen LogP contribution in [-0.2, 0) is 17.9 Å². The molecular weight excluding hydrogens is 326 g/mol. The van der Waals surface area contributed by atoms with Crippen LogP contribution in [0, 0.1) is 5.82 Å². The summed E-state index contributed by atoms with van der Waals surface area (Å²) in [5, 5.41) is 0. The monoisotopic (exact) mass is 344 g/mol. The topological polar surface area (TPSA) is 54.0 Å². The molecule has 0 amide bonds. The number of likely N-dealkylation sites (tertiary alicyclic amines) is 1. The van der Waals surface area contributed by atoms with Crippen molar-refractivity contribution >= 4 is 11.0 Å². The van der Waals surface area contributed by atoms with Gasteiger partial charge in [-0.05, 0) is 29.8 Å². The van der Waals surface area contributed by atoms with Gasteiger partial charge in [-0.15, -0.1) is 0 Å². The Kier molecular flexibility index (Phi) is 4.42. The Hall–Kier alpha value is -2.38. The number of nitrogens with one attached hydrogen (secondary N) is 1. The maximum absolute atomic E-state index is 14.2. The van der Waals surface area contributed by atoms with Crippen LogP contribution < -0.4 is 0 Å². The van der Waals surface area contributed by atoms with Crippen LogP contribution in [0.2, 0.25) is 0 Å². The number of hydrogen-bond acceptors (Lipinski definition) is 4. The number of rotatable bonds is 5. The van der Waals surface area contributed by atoms with E-state index < -0.39 is 12.3 Å². The zero-order valence-corrected chi connectivity index (χ0v) is 13.5. The van der Waals surface area contributed by atoms with Gasteiger partial charge in [0.1, 0.15) is 30.5 Å². The van der Waals surface area contributed by atoms with E-state index in [0.29, 0.717) is 36.5 Å². The number of alkyl halides is 1. The summed E-state index contributed by atoms with van der Waals surface area (Å²) in [6.07, 6.45) is 1.96. The molecule has 130 valence electrons. The van der Waals surface area contributed by atoms with Crippen molar-refractivity contribution in [3.05, 3.63) is 59.9 Å². The second-order valence-corrected chi connectivity index (χ2v) is 6.27. The van der Waals surface area contributed by atoms with Crippen molar-refractivity contribution in [1.82, 2.24) is 19.9 Å². The molecule has 1 aliphatic heterocycles. The standard InChI is InChI=1S/C18H18F2N4O/c19-13-3-4-15-16(6-13)23-18(22-15)11-25-17-10-24(9-14(17)20)8-12-2-1-5-21-7-12/h1-7,14,17H,8-11H2,(H,22,23)/t14-,17+/m1/s1. The van der Waals surface area contributed by atoms with Gasteiger partial charge in [0.25, 0.3) is 0 Å². The Balaban J connectivity index is 1.35. The number of hydrogen-bond donors (Lipinski definition) is 1. The molecule has 0 aliphatic carbocycles. The minimum atomic E-state index is -1.04. The van der Waals surface area contributed by atoms with Gasteiger partial charge >= 0.3 is 0 Å². The highest BCUT2D eigenvalue weighted by Crippen LogP contribution is 2.20. The molecule has 1 saturated heterocycles. The van der Waals surface area contributed by atoms with Crippen LogP contribution in [-0.4, -0.2) is 45.2 Å². The number of aromatic nitrogens is 3. The Morgan fingerprint density at radius 2 is 2.20 bits per heavy atom. The number of fused-ring (bicyclic) bond motifs is 1. The predicted octanol–water partition coefficient (Wildman–Crippen LogP) is 2.84. The molecule has 2 aromatic heterocycles. The van der Waals surface area contributed by atoms with Crippen LogP contribution in [0.5, 0.6) is 0 Å². The molecular formula is C18H18F2N4O. The fourth-order valence-electron chi connectivity index (χ4n) is 3.13. The smallest absolute Gasteiger partial charge is 0.140 e. The van der Waals surface area contributed by atoms with E-state index in [0.717, 1.165) is 5.56 Å². The lowest BCUT2D eigenvalue weighted by atomic mass is 10.3. The summed E-state index contributed by atoms with van der Waals surface area (Å²) in [6, 6.07) is 8.19. The molecule has 2 atom stereocenters. The zero-order chi connectivity index (χ0) is 17.2. The molecule has 0 bridgehead atoms. The van der Waals surface area contributed by atoms with Gasteiger partial charge in [0.15, 0.2) is 0 Å². The van der Waals surface area contributed by atoms with E-state index in [1.165, 1.54) is 12.1 Å². The molecule has 1 fully saturated rings. The van der Waals surface area contributed by atoms with Crippen LogP contribution in [0.4, 0.5) is 8.78 Å². The number of nitrogens with zero attached hydrogens (tertiary/aromatic N) is 3. The zero-order valence-electron chi connectivity index (χ0n) is 13.5. The molecule has 1 N–H and O–H groups in total. The number of pyridine rings is 1. The highest BCUT2D eigenvalue weighted by Gasteiger charge is 2.33. The summed E-state index contributed by atoms with van der Waals surface area (Å²) in [5.41, 5.74) is 2.33. The Bertz CT molecular complexity index is 855. The van der Waals surface area contributed by atoms with Crippen molar-refractivity contribution < 1.29 is 13.5 Å². The number of ether oxygens (including phenoxy) is 1. The first kappa shape index (κ1) is 16.1. The lowest BCUT2D eigenvalue weighted by Crippen LogP contribution is -2.24. The fourth-order valence-corrected chi connectivity index (χ4v) is 3.13. The molecule has 25 heavy (non-hydrogen) atoms. The number of halogens is 2. The van der Waals surface area contributed by atoms with Gasteiger partial charge in [-0.2, -0.15) is 0 Å². The van der Waals surface area contributed by atoms with Crippen molar-refractivity contribution in [2.24, 2.45) is 0 Å². The third-order valence-corrected chi connectivity index (χ3v) is 4.33. The summed E-state index contributed by atoms with van der Waals surface area (Å²) < 4.78 is 33.2. The average Bonchev–Trinajstić information content (AvgIpc) is 3.16. The van der Waals surface area contributed by atoms with E-state index >= 15 is 0 Å². The Morgan fingerprint density at radius 1 is 1.28 bits per heavy atom. The molecule has 1 aliphatic rings. The molecule has 7 heteroatoms.